The van der Waals surface area contributed by atoms with Gasteiger partial charge in [0.05, 0.1) is 17.4 Å². The molecule has 0 atom stereocenters. The van der Waals surface area contributed by atoms with Gasteiger partial charge in [-0.05, 0) is 41.5 Å². The number of para-hydroxylation sites is 1. The lowest BCUT2D eigenvalue weighted by atomic mass is 10.1. The maximum atomic E-state index is 4.51. The number of fused-ring (bicyclic) bond motifs is 1. The molecule has 0 radical (unpaired) electrons. The Balaban J connectivity index is 1.74. The second-order valence-corrected chi connectivity index (χ2v) is 5.32. The molecule has 0 N–H and O–H groups in total. The van der Waals surface area contributed by atoms with Crippen LogP contribution in [0.4, 0.5) is 0 Å². The van der Waals surface area contributed by atoms with Crippen LogP contribution in [0.25, 0.3) is 28.7 Å². The molecule has 0 aliphatic carbocycles. The first kappa shape index (κ1) is 13.5. The van der Waals surface area contributed by atoms with E-state index < -0.39 is 0 Å². The van der Waals surface area contributed by atoms with Crippen molar-refractivity contribution in [3.8, 4) is 5.69 Å². The van der Waals surface area contributed by atoms with E-state index in [1.807, 2.05) is 41.2 Å². The molecule has 2 aromatic carbocycles. The molecule has 0 saturated heterocycles. The first-order valence-electron chi connectivity index (χ1n) is 7.51. The van der Waals surface area contributed by atoms with E-state index in [4.69, 9.17) is 0 Å². The molecule has 2 heterocycles. The predicted octanol–water partition coefficient (Wildman–Crippen LogP) is 4.59. The van der Waals surface area contributed by atoms with Gasteiger partial charge in [-0.3, -0.25) is 4.98 Å². The fourth-order valence-corrected chi connectivity index (χ4v) is 2.58. The monoisotopic (exact) mass is 297 g/mol. The molecule has 110 valence electrons. The van der Waals surface area contributed by atoms with Crippen molar-refractivity contribution >= 4 is 23.1 Å². The van der Waals surface area contributed by atoms with Gasteiger partial charge in [-0.1, -0.05) is 42.5 Å². The van der Waals surface area contributed by atoms with Gasteiger partial charge in [0, 0.05) is 17.8 Å². The molecule has 0 aliphatic rings. The summed E-state index contributed by atoms with van der Waals surface area (Å²) in [5.41, 5.74) is 4.45. The molecule has 0 spiro atoms. The highest BCUT2D eigenvalue weighted by Crippen LogP contribution is 2.20. The van der Waals surface area contributed by atoms with Crippen LogP contribution in [0, 0.1) is 0 Å². The zero-order valence-electron chi connectivity index (χ0n) is 12.5. The zero-order chi connectivity index (χ0) is 15.5. The van der Waals surface area contributed by atoms with E-state index >= 15 is 0 Å². The minimum absolute atomic E-state index is 1.07. The molecule has 4 rings (SSSR count). The Bertz CT molecular complexity index is 954. The van der Waals surface area contributed by atoms with Crippen LogP contribution in [0.5, 0.6) is 0 Å². The van der Waals surface area contributed by atoms with Crippen molar-refractivity contribution in [3.05, 3.63) is 90.4 Å². The van der Waals surface area contributed by atoms with Crippen LogP contribution >= 0.6 is 0 Å². The molecular formula is C20H15N3. The third kappa shape index (κ3) is 2.77. The molecule has 0 bridgehead atoms. The Labute approximate surface area is 134 Å². The van der Waals surface area contributed by atoms with Gasteiger partial charge >= 0.3 is 0 Å². The van der Waals surface area contributed by atoms with Gasteiger partial charge < -0.3 is 0 Å². The molecule has 3 heteroatoms. The minimum atomic E-state index is 1.07. The Kier molecular flexibility index (Phi) is 3.45. The van der Waals surface area contributed by atoms with Crippen LogP contribution in [0.2, 0.25) is 0 Å². The third-order valence-corrected chi connectivity index (χ3v) is 3.77. The molecule has 23 heavy (non-hydrogen) atoms. The van der Waals surface area contributed by atoms with E-state index in [0.717, 1.165) is 27.7 Å². The number of benzene rings is 2. The van der Waals surface area contributed by atoms with Crippen LogP contribution in [-0.2, 0) is 0 Å². The molecule has 0 amide bonds. The summed E-state index contributed by atoms with van der Waals surface area (Å²) in [7, 11) is 0. The largest absolute Gasteiger partial charge is 0.265 e. The summed E-state index contributed by atoms with van der Waals surface area (Å²) in [5, 5.41) is 5.64. The van der Waals surface area contributed by atoms with Crippen molar-refractivity contribution in [2.45, 2.75) is 0 Å². The Morgan fingerprint density at radius 1 is 0.783 bits per heavy atom. The van der Waals surface area contributed by atoms with E-state index in [2.05, 4.69) is 52.6 Å². The second-order valence-electron chi connectivity index (χ2n) is 5.32. The van der Waals surface area contributed by atoms with Crippen LogP contribution in [-0.4, -0.2) is 14.8 Å². The number of hydrogen-bond donors (Lipinski definition) is 0. The lowest BCUT2D eigenvalue weighted by Gasteiger charge is -2.03. The third-order valence-electron chi connectivity index (χ3n) is 3.77. The normalized spacial score (nSPS) is 11.3. The minimum Gasteiger partial charge on any atom is -0.265 e. The smallest absolute Gasteiger partial charge is 0.0747 e. The van der Waals surface area contributed by atoms with Crippen molar-refractivity contribution in [2.24, 2.45) is 0 Å². The quantitative estimate of drug-likeness (QED) is 0.553. The molecular weight excluding hydrogens is 282 g/mol. The van der Waals surface area contributed by atoms with Crippen LogP contribution in [0.1, 0.15) is 11.1 Å². The van der Waals surface area contributed by atoms with E-state index in [0.29, 0.717) is 0 Å². The molecule has 0 fully saturated rings. The van der Waals surface area contributed by atoms with Crippen molar-refractivity contribution in [1.82, 2.24) is 14.8 Å². The summed E-state index contributed by atoms with van der Waals surface area (Å²) in [4.78, 5) is 4.03. The average Bonchev–Trinajstić information content (AvgIpc) is 3.05. The number of pyridine rings is 1. The van der Waals surface area contributed by atoms with E-state index in [1.165, 1.54) is 0 Å². The number of aromatic nitrogens is 3. The van der Waals surface area contributed by atoms with Gasteiger partial charge in [-0.2, -0.15) is 5.10 Å². The summed E-state index contributed by atoms with van der Waals surface area (Å²) < 4.78 is 1.97. The number of rotatable bonds is 3. The average molecular weight is 297 g/mol. The Morgan fingerprint density at radius 3 is 2.39 bits per heavy atom. The lowest BCUT2D eigenvalue weighted by molar-refractivity contribution is 0.911. The van der Waals surface area contributed by atoms with Gasteiger partial charge in [0.2, 0.25) is 0 Å². The van der Waals surface area contributed by atoms with Crippen molar-refractivity contribution in [1.29, 1.82) is 0 Å². The molecule has 3 nitrogen and oxygen atoms in total. The van der Waals surface area contributed by atoms with Crippen LogP contribution in [0.15, 0.2) is 79.3 Å². The van der Waals surface area contributed by atoms with E-state index in [-0.39, 0.29) is 0 Å². The first-order valence-corrected chi connectivity index (χ1v) is 7.51. The maximum absolute atomic E-state index is 4.51. The van der Waals surface area contributed by atoms with Gasteiger partial charge in [0.15, 0.2) is 0 Å². The highest BCUT2D eigenvalue weighted by atomic mass is 15.3. The second kappa shape index (κ2) is 5.89. The summed E-state index contributed by atoms with van der Waals surface area (Å²) in [5.74, 6) is 0. The van der Waals surface area contributed by atoms with Crippen molar-refractivity contribution < 1.29 is 0 Å². The van der Waals surface area contributed by atoms with Crippen LogP contribution in [0.3, 0.4) is 0 Å². The van der Waals surface area contributed by atoms with E-state index in [9.17, 15) is 0 Å². The van der Waals surface area contributed by atoms with Gasteiger partial charge in [-0.25, -0.2) is 4.68 Å². The summed E-state index contributed by atoms with van der Waals surface area (Å²) in [6, 6.07) is 20.5. The molecule has 0 saturated carbocycles. The summed E-state index contributed by atoms with van der Waals surface area (Å²) in [6.45, 7) is 0. The Morgan fingerprint density at radius 2 is 1.57 bits per heavy atom. The van der Waals surface area contributed by atoms with Crippen LogP contribution < -0.4 is 0 Å². The number of hydrogen-bond acceptors (Lipinski definition) is 2. The topological polar surface area (TPSA) is 30.7 Å². The van der Waals surface area contributed by atoms with E-state index in [1.54, 1.807) is 12.4 Å². The molecule has 2 aromatic heterocycles. The molecule has 4 aromatic rings. The predicted molar refractivity (Wildman–Crippen MR) is 94.2 cm³/mol. The molecule has 0 unspecified atom stereocenters. The summed E-state index contributed by atoms with van der Waals surface area (Å²) in [6.07, 6.45) is 9.70. The maximum Gasteiger partial charge on any atom is 0.0747 e. The first-order chi connectivity index (χ1) is 11.4. The Hall–Kier alpha value is -3.20. The molecule has 0 aliphatic heterocycles. The standard InChI is InChI=1S/C20H15N3/c1-2-4-19(5-3-1)23-20-14-17(8-9-18(20)15-22-23)7-6-16-10-12-21-13-11-16/h1-15H. The highest BCUT2D eigenvalue weighted by Gasteiger charge is 2.04. The van der Waals surface area contributed by atoms with Gasteiger partial charge in [0.25, 0.3) is 0 Å². The van der Waals surface area contributed by atoms with Gasteiger partial charge in [-0.15, -0.1) is 0 Å². The fourth-order valence-electron chi connectivity index (χ4n) is 2.58. The number of nitrogens with zero attached hydrogens (tertiary/aromatic N) is 3. The lowest BCUT2D eigenvalue weighted by Crippen LogP contribution is -1.95. The van der Waals surface area contributed by atoms with Gasteiger partial charge in [0.1, 0.15) is 0 Å². The van der Waals surface area contributed by atoms with Crippen molar-refractivity contribution in [2.75, 3.05) is 0 Å². The zero-order valence-corrected chi connectivity index (χ0v) is 12.5. The van der Waals surface area contributed by atoms with Crippen molar-refractivity contribution in [3.63, 3.8) is 0 Å². The SMILES string of the molecule is C(=Cc1ccc2cnn(-c3ccccc3)c2c1)c1ccncc1. The summed E-state index contributed by atoms with van der Waals surface area (Å²) >= 11 is 0. The fraction of sp³-hybridized carbons (Fsp3) is 0. The highest BCUT2D eigenvalue weighted by molar-refractivity contribution is 5.84.